The molecule has 0 radical (unpaired) electrons. The van der Waals surface area contributed by atoms with Gasteiger partial charge in [0, 0.05) is 16.8 Å². The van der Waals surface area contributed by atoms with Crippen LogP contribution in [0.3, 0.4) is 0 Å². The van der Waals surface area contributed by atoms with Crippen molar-refractivity contribution >= 4 is 32.8 Å². The van der Waals surface area contributed by atoms with E-state index in [-0.39, 0.29) is 12.3 Å². The number of carbonyl (C=O) groups excluding carboxylic acids is 1. The number of nitrogens with zero attached hydrogens (tertiary/aromatic N) is 1. The summed E-state index contributed by atoms with van der Waals surface area (Å²) in [5, 5.41) is 7.79. The van der Waals surface area contributed by atoms with Crippen LogP contribution in [0.2, 0.25) is 0 Å². The molecule has 0 fully saturated rings. The normalized spacial score (nSPS) is 12.8. The molecule has 0 aliphatic heterocycles. The molecule has 1 aromatic carbocycles. The van der Waals surface area contributed by atoms with Crippen LogP contribution in [0.25, 0.3) is 11.0 Å². The number of nitrogens with one attached hydrogen (secondary N) is 1. The summed E-state index contributed by atoms with van der Waals surface area (Å²) in [6.07, 6.45) is 1.28. The van der Waals surface area contributed by atoms with Crippen LogP contribution in [0.4, 0.5) is 0 Å². The zero-order chi connectivity index (χ0) is 14.5. The van der Waals surface area contributed by atoms with E-state index in [2.05, 4.69) is 40.3 Å². The lowest BCUT2D eigenvalue weighted by Crippen LogP contribution is -2.31. The second-order valence-corrected chi connectivity index (χ2v) is 6.63. The van der Waals surface area contributed by atoms with Gasteiger partial charge in [-0.15, -0.1) is 0 Å². The average Bonchev–Trinajstić information content (AvgIpc) is 2.79. The fourth-order valence-corrected chi connectivity index (χ4v) is 3.01. The number of carbonyl (C=O) groups is 1. The molecule has 0 saturated heterocycles. The van der Waals surface area contributed by atoms with Crippen LogP contribution in [0, 0.1) is 5.92 Å². The Hall–Kier alpha value is -1.36. The van der Waals surface area contributed by atoms with Gasteiger partial charge in [0.05, 0.1) is 6.42 Å². The number of fused-ring (bicyclic) bond motifs is 1. The predicted molar refractivity (Wildman–Crippen MR) is 82.9 cm³/mol. The Labute approximate surface area is 127 Å². The molecule has 0 bridgehead atoms. The monoisotopic (exact) mass is 338 g/mol. The van der Waals surface area contributed by atoms with Crippen molar-refractivity contribution < 1.29 is 9.32 Å². The highest BCUT2D eigenvalue weighted by Gasteiger charge is 2.13. The van der Waals surface area contributed by atoms with E-state index in [9.17, 15) is 4.79 Å². The largest absolute Gasteiger partial charge is 0.356 e. The maximum absolute atomic E-state index is 11.9. The van der Waals surface area contributed by atoms with Crippen molar-refractivity contribution in [2.45, 2.75) is 31.5 Å². The molecule has 0 saturated carbocycles. The number of amides is 1. The van der Waals surface area contributed by atoms with Gasteiger partial charge in [0.25, 0.3) is 0 Å². The number of rotatable bonds is 6. The summed E-state index contributed by atoms with van der Waals surface area (Å²) in [7, 11) is 0. The fraction of sp³-hybridized carbons (Fsp3) is 0.467. The van der Waals surface area contributed by atoms with Gasteiger partial charge in [-0.25, -0.2) is 0 Å². The minimum absolute atomic E-state index is 0.0303. The van der Waals surface area contributed by atoms with Gasteiger partial charge in [0.1, 0.15) is 5.69 Å². The molecule has 0 aliphatic carbocycles. The van der Waals surface area contributed by atoms with Gasteiger partial charge in [0.15, 0.2) is 5.58 Å². The number of hydrogen-bond donors (Lipinski definition) is 1. The third-order valence-electron chi connectivity index (χ3n) is 3.03. The Kier molecular flexibility index (Phi) is 5.17. The standard InChI is InChI=1S/C15H19BrN2O2/c1-10(2)7-11(16)9-17-15(19)8-13-12-5-3-4-6-14(12)20-18-13/h3-6,10-11H,7-9H2,1-2H3,(H,17,19). The summed E-state index contributed by atoms with van der Waals surface area (Å²) in [6.45, 7) is 4.96. The molecular formula is C15H19BrN2O2. The fourth-order valence-electron chi connectivity index (χ4n) is 2.10. The van der Waals surface area contributed by atoms with E-state index in [4.69, 9.17) is 4.52 Å². The van der Waals surface area contributed by atoms with E-state index >= 15 is 0 Å². The second kappa shape index (κ2) is 6.88. The van der Waals surface area contributed by atoms with Gasteiger partial charge < -0.3 is 9.84 Å². The van der Waals surface area contributed by atoms with Gasteiger partial charge in [-0.05, 0) is 24.5 Å². The van der Waals surface area contributed by atoms with Crippen LogP contribution in [0.5, 0.6) is 0 Å². The van der Waals surface area contributed by atoms with Gasteiger partial charge in [-0.3, -0.25) is 4.79 Å². The lowest BCUT2D eigenvalue weighted by molar-refractivity contribution is -0.120. The highest BCUT2D eigenvalue weighted by atomic mass is 79.9. The molecule has 4 nitrogen and oxygen atoms in total. The predicted octanol–water partition coefficient (Wildman–Crippen LogP) is 3.30. The van der Waals surface area contributed by atoms with Crippen molar-refractivity contribution in [3.63, 3.8) is 0 Å². The number of para-hydroxylation sites is 1. The summed E-state index contributed by atoms with van der Waals surface area (Å²) in [4.78, 5) is 12.2. The molecule has 1 heterocycles. The van der Waals surface area contributed by atoms with Crippen molar-refractivity contribution in [1.82, 2.24) is 10.5 Å². The Bertz CT molecular complexity index is 580. The molecular weight excluding hydrogens is 320 g/mol. The first kappa shape index (κ1) is 15.0. The molecule has 1 amide bonds. The Morgan fingerprint density at radius 2 is 2.15 bits per heavy atom. The highest BCUT2D eigenvalue weighted by Crippen LogP contribution is 2.18. The minimum Gasteiger partial charge on any atom is -0.356 e. The first-order valence-corrected chi connectivity index (χ1v) is 7.72. The Morgan fingerprint density at radius 3 is 2.90 bits per heavy atom. The maximum Gasteiger partial charge on any atom is 0.226 e. The zero-order valence-electron chi connectivity index (χ0n) is 11.7. The molecule has 5 heteroatoms. The molecule has 0 aliphatic rings. The zero-order valence-corrected chi connectivity index (χ0v) is 13.3. The maximum atomic E-state index is 11.9. The summed E-state index contributed by atoms with van der Waals surface area (Å²) >= 11 is 3.58. The van der Waals surface area contributed by atoms with Crippen LogP contribution in [0.15, 0.2) is 28.8 Å². The molecule has 1 aromatic heterocycles. The number of benzene rings is 1. The smallest absolute Gasteiger partial charge is 0.226 e. The Balaban J connectivity index is 1.88. The van der Waals surface area contributed by atoms with Gasteiger partial charge >= 0.3 is 0 Å². The van der Waals surface area contributed by atoms with Crippen LogP contribution in [-0.4, -0.2) is 22.4 Å². The molecule has 108 valence electrons. The summed E-state index contributed by atoms with van der Waals surface area (Å²) in [5.74, 6) is 0.577. The SMILES string of the molecule is CC(C)CC(Br)CNC(=O)Cc1noc2ccccc12. The van der Waals surface area contributed by atoms with Crippen LogP contribution >= 0.6 is 15.9 Å². The van der Waals surface area contributed by atoms with Crippen molar-refractivity contribution in [1.29, 1.82) is 0 Å². The minimum atomic E-state index is -0.0303. The van der Waals surface area contributed by atoms with Crippen LogP contribution in [0.1, 0.15) is 26.0 Å². The molecule has 0 spiro atoms. The van der Waals surface area contributed by atoms with Gasteiger partial charge in [-0.2, -0.15) is 0 Å². The molecule has 20 heavy (non-hydrogen) atoms. The van der Waals surface area contributed by atoms with E-state index in [0.717, 1.165) is 11.8 Å². The second-order valence-electron chi connectivity index (χ2n) is 5.33. The quantitative estimate of drug-likeness (QED) is 0.822. The molecule has 2 rings (SSSR count). The number of aromatic nitrogens is 1. The summed E-state index contributed by atoms with van der Waals surface area (Å²) < 4.78 is 5.19. The van der Waals surface area contributed by atoms with Crippen molar-refractivity contribution in [2.75, 3.05) is 6.54 Å². The van der Waals surface area contributed by atoms with Gasteiger partial charge in [0.2, 0.25) is 5.91 Å². The highest BCUT2D eigenvalue weighted by molar-refractivity contribution is 9.09. The van der Waals surface area contributed by atoms with E-state index in [1.165, 1.54) is 0 Å². The van der Waals surface area contributed by atoms with Crippen molar-refractivity contribution in [2.24, 2.45) is 5.92 Å². The molecule has 1 atom stereocenters. The summed E-state index contributed by atoms with van der Waals surface area (Å²) in [5.41, 5.74) is 1.40. The van der Waals surface area contributed by atoms with E-state index in [0.29, 0.717) is 28.6 Å². The summed E-state index contributed by atoms with van der Waals surface area (Å²) in [6, 6.07) is 7.57. The topological polar surface area (TPSA) is 55.1 Å². The van der Waals surface area contributed by atoms with E-state index in [1.54, 1.807) is 0 Å². The number of alkyl halides is 1. The molecule has 2 aromatic rings. The van der Waals surface area contributed by atoms with Crippen LogP contribution < -0.4 is 5.32 Å². The number of halogens is 1. The van der Waals surface area contributed by atoms with Crippen molar-refractivity contribution in [3.8, 4) is 0 Å². The van der Waals surface area contributed by atoms with Crippen LogP contribution in [-0.2, 0) is 11.2 Å². The van der Waals surface area contributed by atoms with E-state index < -0.39 is 0 Å². The number of hydrogen-bond acceptors (Lipinski definition) is 3. The lowest BCUT2D eigenvalue weighted by Gasteiger charge is -2.12. The van der Waals surface area contributed by atoms with Gasteiger partial charge in [-0.1, -0.05) is 47.1 Å². The average molecular weight is 339 g/mol. The first-order chi connectivity index (χ1) is 9.56. The lowest BCUT2D eigenvalue weighted by atomic mass is 10.1. The van der Waals surface area contributed by atoms with Crippen molar-refractivity contribution in [3.05, 3.63) is 30.0 Å². The first-order valence-electron chi connectivity index (χ1n) is 6.80. The third-order valence-corrected chi connectivity index (χ3v) is 3.73. The van der Waals surface area contributed by atoms with E-state index in [1.807, 2.05) is 24.3 Å². The molecule has 1 unspecified atom stereocenters. The third kappa shape index (κ3) is 4.07. The molecule has 1 N–H and O–H groups in total. The Morgan fingerprint density at radius 1 is 1.40 bits per heavy atom.